The van der Waals surface area contributed by atoms with Gasteiger partial charge in [-0.15, -0.1) is 0 Å². The summed E-state index contributed by atoms with van der Waals surface area (Å²) >= 11 is 0. The molecule has 0 saturated heterocycles. The Morgan fingerprint density at radius 3 is 2.27 bits per heavy atom. The zero-order chi connectivity index (χ0) is 8.74. The summed E-state index contributed by atoms with van der Waals surface area (Å²) in [5, 5.41) is 0. The van der Waals surface area contributed by atoms with E-state index in [-0.39, 0.29) is 9.68 Å². The van der Waals surface area contributed by atoms with Gasteiger partial charge < -0.3 is 4.98 Å². The third kappa shape index (κ3) is 10.4. The third-order valence-electron chi connectivity index (χ3n) is 1.69. The SMILES string of the molecule is C[SiH2]CCC[SiH2]NC(C)(C)C. The lowest BCUT2D eigenvalue weighted by Gasteiger charge is -2.20. The van der Waals surface area contributed by atoms with Gasteiger partial charge in [0, 0.05) is 15.1 Å². The molecule has 0 spiro atoms. The molecule has 68 valence electrons. The van der Waals surface area contributed by atoms with E-state index < -0.39 is 0 Å². The van der Waals surface area contributed by atoms with Crippen molar-refractivity contribution in [2.45, 2.75) is 51.4 Å². The van der Waals surface area contributed by atoms with Gasteiger partial charge in [-0.2, -0.15) is 0 Å². The maximum absolute atomic E-state index is 3.64. The molecule has 0 aromatic heterocycles. The minimum atomic E-state index is 0.0590. The maximum atomic E-state index is 3.64. The molecular weight excluding hydrogens is 166 g/mol. The normalized spacial score (nSPS) is 14.2. The molecule has 0 aliphatic rings. The van der Waals surface area contributed by atoms with Crippen molar-refractivity contribution in [3.63, 3.8) is 0 Å². The largest absolute Gasteiger partial charge is 0.338 e. The van der Waals surface area contributed by atoms with Crippen LogP contribution in [-0.4, -0.2) is 24.7 Å². The van der Waals surface area contributed by atoms with E-state index in [4.69, 9.17) is 0 Å². The highest BCUT2D eigenvalue weighted by Gasteiger charge is 2.06. The van der Waals surface area contributed by atoms with Gasteiger partial charge in [-0.1, -0.05) is 25.1 Å². The molecule has 0 bridgehead atoms. The predicted octanol–water partition coefficient (Wildman–Crippen LogP) is 0.902. The predicted molar refractivity (Wildman–Crippen MR) is 60.1 cm³/mol. The van der Waals surface area contributed by atoms with E-state index in [2.05, 4.69) is 32.3 Å². The third-order valence-corrected chi connectivity index (χ3v) is 5.06. The minimum absolute atomic E-state index is 0.0590. The molecule has 0 saturated carbocycles. The van der Waals surface area contributed by atoms with Gasteiger partial charge in [0.25, 0.3) is 0 Å². The minimum Gasteiger partial charge on any atom is -0.338 e. The second kappa shape index (κ2) is 5.97. The fourth-order valence-corrected chi connectivity index (χ4v) is 4.11. The van der Waals surface area contributed by atoms with Gasteiger partial charge in [-0.25, -0.2) is 0 Å². The van der Waals surface area contributed by atoms with E-state index in [1.54, 1.807) is 6.04 Å². The lowest BCUT2D eigenvalue weighted by Crippen LogP contribution is -2.38. The van der Waals surface area contributed by atoms with Crippen molar-refractivity contribution in [3.05, 3.63) is 0 Å². The van der Waals surface area contributed by atoms with Crippen molar-refractivity contribution in [1.29, 1.82) is 0 Å². The van der Waals surface area contributed by atoms with Crippen LogP contribution in [0.5, 0.6) is 0 Å². The Morgan fingerprint density at radius 2 is 1.82 bits per heavy atom. The van der Waals surface area contributed by atoms with Gasteiger partial charge in [-0.05, 0) is 20.8 Å². The Morgan fingerprint density at radius 1 is 1.18 bits per heavy atom. The standard InChI is InChI=1S/C8H23NSi2/c1-8(2,3)9-11-7-5-6-10-4/h9H,5-7,10-11H2,1-4H3. The molecule has 0 amide bonds. The summed E-state index contributed by atoms with van der Waals surface area (Å²) in [6.45, 7) is 9.18. The average Bonchev–Trinajstić information content (AvgIpc) is 1.85. The zero-order valence-electron chi connectivity index (χ0n) is 8.54. The first-order valence-electron chi connectivity index (χ1n) is 4.81. The van der Waals surface area contributed by atoms with Crippen molar-refractivity contribution in [2.75, 3.05) is 0 Å². The molecule has 0 aliphatic carbocycles. The van der Waals surface area contributed by atoms with Gasteiger partial charge in [0.1, 0.15) is 0 Å². The van der Waals surface area contributed by atoms with E-state index in [0.29, 0.717) is 15.1 Å². The lowest BCUT2D eigenvalue weighted by atomic mass is 10.1. The van der Waals surface area contributed by atoms with Crippen molar-refractivity contribution in [2.24, 2.45) is 0 Å². The summed E-state index contributed by atoms with van der Waals surface area (Å²) in [6.07, 6.45) is 1.50. The first-order valence-corrected chi connectivity index (χ1v) is 8.93. The van der Waals surface area contributed by atoms with E-state index >= 15 is 0 Å². The van der Waals surface area contributed by atoms with E-state index in [1.807, 2.05) is 0 Å². The number of hydrogen-bond donors (Lipinski definition) is 1. The van der Waals surface area contributed by atoms with Gasteiger partial charge in [0.05, 0.1) is 9.68 Å². The van der Waals surface area contributed by atoms with Crippen molar-refractivity contribution in [3.8, 4) is 0 Å². The Kier molecular flexibility index (Phi) is 6.18. The van der Waals surface area contributed by atoms with Gasteiger partial charge >= 0.3 is 0 Å². The number of nitrogens with one attached hydrogen (secondary N) is 1. The second-order valence-corrected chi connectivity index (χ2v) is 7.51. The van der Waals surface area contributed by atoms with E-state index in [0.717, 1.165) is 0 Å². The van der Waals surface area contributed by atoms with Crippen LogP contribution in [0.15, 0.2) is 0 Å². The van der Waals surface area contributed by atoms with Crippen LogP contribution in [0, 0.1) is 0 Å². The topological polar surface area (TPSA) is 12.0 Å². The first-order chi connectivity index (χ1) is 5.06. The molecule has 1 N–H and O–H groups in total. The molecule has 0 aromatic rings. The maximum Gasteiger partial charge on any atom is 0.0921 e. The Bertz CT molecular complexity index is 88.6. The van der Waals surface area contributed by atoms with Crippen LogP contribution in [0.1, 0.15) is 27.2 Å². The van der Waals surface area contributed by atoms with Crippen molar-refractivity contribution < 1.29 is 0 Å². The lowest BCUT2D eigenvalue weighted by molar-refractivity contribution is 0.522. The first kappa shape index (κ1) is 11.4. The molecule has 11 heavy (non-hydrogen) atoms. The highest BCUT2D eigenvalue weighted by Crippen LogP contribution is 1.99. The Hall–Kier alpha value is 0.394. The molecule has 0 aliphatic heterocycles. The molecule has 0 radical (unpaired) electrons. The monoisotopic (exact) mass is 189 g/mol. The smallest absolute Gasteiger partial charge is 0.0921 e. The summed E-state index contributed by atoms with van der Waals surface area (Å²) in [6, 6.07) is 3.05. The van der Waals surface area contributed by atoms with Crippen LogP contribution in [-0.2, 0) is 0 Å². The molecule has 1 nitrogen and oxygen atoms in total. The van der Waals surface area contributed by atoms with Crippen LogP contribution >= 0.6 is 0 Å². The summed E-state index contributed by atoms with van der Waals surface area (Å²) in [4.78, 5) is 3.64. The molecule has 0 aromatic carbocycles. The Balaban J connectivity index is 3.02. The van der Waals surface area contributed by atoms with Crippen LogP contribution in [0.4, 0.5) is 0 Å². The second-order valence-electron chi connectivity index (χ2n) is 4.24. The van der Waals surface area contributed by atoms with Gasteiger partial charge in [0.15, 0.2) is 0 Å². The fourth-order valence-electron chi connectivity index (χ4n) is 1.02. The number of hydrogen-bond acceptors (Lipinski definition) is 1. The average molecular weight is 189 g/mol. The van der Waals surface area contributed by atoms with Crippen LogP contribution < -0.4 is 4.98 Å². The molecule has 0 fully saturated rings. The molecule has 0 unspecified atom stereocenters. The van der Waals surface area contributed by atoms with Crippen LogP contribution in [0.3, 0.4) is 0 Å². The molecule has 0 rings (SSSR count). The molecule has 3 heteroatoms. The quantitative estimate of drug-likeness (QED) is 0.501. The summed E-state index contributed by atoms with van der Waals surface area (Å²) in [5.41, 5.74) is 0.371. The Labute approximate surface area is 76.1 Å². The fraction of sp³-hybridized carbons (Fsp3) is 1.00. The molecule has 0 atom stereocenters. The van der Waals surface area contributed by atoms with E-state index in [1.165, 1.54) is 12.5 Å². The summed E-state index contributed by atoms with van der Waals surface area (Å²) in [5.74, 6) is 0. The van der Waals surface area contributed by atoms with Crippen LogP contribution in [0.2, 0.25) is 18.6 Å². The van der Waals surface area contributed by atoms with E-state index in [9.17, 15) is 0 Å². The van der Waals surface area contributed by atoms with Gasteiger partial charge in [0.2, 0.25) is 0 Å². The van der Waals surface area contributed by atoms with Crippen molar-refractivity contribution >= 4 is 19.2 Å². The number of rotatable bonds is 5. The summed E-state index contributed by atoms with van der Waals surface area (Å²) < 4.78 is 0. The highest BCUT2D eigenvalue weighted by molar-refractivity contribution is 6.35. The van der Waals surface area contributed by atoms with Gasteiger partial charge in [-0.3, -0.25) is 0 Å². The highest BCUT2D eigenvalue weighted by atomic mass is 28.2. The van der Waals surface area contributed by atoms with Crippen LogP contribution in [0.25, 0.3) is 0 Å². The summed E-state index contributed by atoms with van der Waals surface area (Å²) in [7, 11) is 0.405. The van der Waals surface area contributed by atoms with Crippen molar-refractivity contribution in [1.82, 2.24) is 4.98 Å². The zero-order valence-corrected chi connectivity index (χ0v) is 11.4. The molecule has 0 heterocycles. The molecular formula is C8H23NSi2.